The van der Waals surface area contributed by atoms with E-state index in [-0.39, 0.29) is 12.5 Å². The average molecular weight is 325 g/mol. The molecule has 5 nitrogen and oxygen atoms in total. The Morgan fingerprint density at radius 2 is 2.18 bits per heavy atom. The molecule has 1 aromatic rings. The van der Waals surface area contributed by atoms with E-state index in [1.165, 1.54) is 0 Å². The lowest BCUT2D eigenvalue weighted by molar-refractivity contribution is -0.121. The van der Waals surface area contributed by atoms with Crippen LogP contribution in [0.15, 0.2) is 18.2 Å². The van der Waals surface area contributed by atoms with Crippen molar-refractivity contribution in [3.05, 3.63) is 23.2 Å². The van der Waals surface area contributed by atoms with E-state index >= 15 is 0 Å². The molecule has 0 unspecified atom stereocenters. The number of fused-ring (bicyclic) bond motifs is 1. The predicted octanol–water partition coefficient (Wildman–Crippen LogP) is 1.96. The highest BCUT2D eigenvalue weighted by Gasteiger charge is 2.31. The van der Waals surface area contributed by atoms with Crippen LogP contribution >= 0.6 is 11.6 Å². The summed E-state index contributed by atoms with van der Waals surface area (Å²) in [5.74, 6) is 0.658. The van der Waals surface area contributed by atoms with Gasteiger partial charge in [-0.25, -0.2) is 0 Å². The highest BCUT2D eigenvalue weighted by Crippen LogP contribution is 2.33. The molecule has 6 heteroatoms. The Morgan fingerprint density at radius 1 is 1.41 bits per heavy atom. The molecule has 2 N–H and O–H groups in total. The molecule has 0 aromatic heterocycles. The molecule has 1 saturated carbocycles. The fraction of sp³-hybridized carbons (Fsp3) is 0.562. The van der Waals surface area contributed by atoms with Crippen molar-refractivity contribution >= 4 is 23.2 Å². The van der Waals surface area contributed by atoms with Gasteiger partial charge in [-0.3, -0.25) is 4.79 Å². The first-order valence-electron chi connectivity index (χ1n) is 7.72. The van der Waals surface area contributed by atoms with Gasteiger partial charge in [0.2, 0.25) is 5.91 Å². The van der Waals surface area contributed by atoms with Crippen LogP contribution in [-0.2, 0) is 4.79 Å². The van der Waals surface area contributed by atoms with Gasteiger partial charge in [0, 0.05) is 11.6 Å². The number of halogens is 1. The van der Waals surface area contributed by atoms with Crippen LogP contribution in [0.25, 0.3) is 0 Å². The second-order valence-electron chi connectivity index (χ2n) is 6.09. The molecule has 3 rings (SSSR count). The number of benzene rings is 1. The van der Waals surface area contributed by atoms with Gasteiger partial charge in [-0.05, 0) is 31.0 Å². The maximum atomic E-state index is 12.2. The van der Waals surface area contributed by atoms with Crippen molar-refractivity contribution in [2.75, 3.05) is 31.1 Å². The van der Waals surface area contributed by atoms with E-state index < -0.39 is 5.60 Å². The molecule has 2 aliphatic rings. The van der Waals surface area contributed by atoms with E-state index in [1.54, 1.807) is 6.07 Å². The molecule has 0 atom stereocenters. The smallest absolute Gasteiger partial charge is 0.239 e. The van der Waals surface area contributed by atoms with Gasteiger partial charge in [-0.15, -0.1) is 0 Å². The largest absolute Gasteiger partial charge is 0.490 e. The number of rotatable bonds is 4. The molecule has 0 spiro atoms. The average Bonchev–Trinajstić information content (AvgIpc) is 2.93. The summed E-state index contributed by atoms with van der Waals surface area (Å²) in [7, 11) is 0. The summed E-state index contributed by atoms with van der Waals surface area (Å²) in [4.78, 5) is 14.1. The van der Waals surface area contributed by atoms with Gasteiger partial charge in [-0.2, -0.15) is 0 Å². The Morgan fingerprint density at radius 3 is 2.95 bits per heavy atom. The van der Waals surface area contributed by atoms with Crippen molar-refractivity contribution in [2.24, 2.45) is 0 Å². The van der Waals surface area contributed by atoms with Crippen molar-refractivity contribution in [1.82, 2.24) is 5.32 Å². The molecular weight excluding hydrogens is 304 g/mol. The molecule has 1 aliphatic heterocycles. The quantitative estimate of drug-likeness (QED) is 0.889. The van der Waals surface area contributed by atoms with Crippen LogP contribution in [-0.4, -0.2) is 42.9 Å². The van der Waals surface area contributed by atoms with E-state index in [1.807, 2.05) is 17.0 Å². The first-order chi connectivity index (χ1) is 10.6. The maximum Gasteiger partial charge on any atom is 0.239 e. The van der Waals surface area contributed by atoms with Crippen LogP contribution in [0.5, 0.6) is 5.75 Å². The van der Waals surface area contributed by atoms with Crippen molar-refractivity contribution in [2.45, 2.75) is 31.3 Å². The topological polar surface area (TPSA) is 61.8 Å². The van der Waals surface area contributed by atoms with Crippen LogP contribution in [0, 0.1) is 0 Å². The molecule has 1 aliphatic carbocycles. The van der Waals surface area contributed by atoms with Gasteiger partial charge in [0.15, 0.2) is 0 Å². The Labute approximate surface area is 135 Å². The lowest BCUT2D eigenvalue weighted by atomic mass is 10.0. The Hall–Kier alpha value is -1.46. The third kappa shape index (κ3) is 3.47. The van der Waals surface area contributed by atoms with Crippen LogP contribution in [0.3, 0.4) is 0 Å². The summed E-state index contributed by atoms with van der Waals surface area (Å²) in [5, 5.41) is 13.7. The number of carbonyl (C=O) groups is 1. The second kappa shape index (κ2) is 6.34. The van der Waals surface area contributed by atoms with Crippen LogP contribution < -0.4 is 15.0 Å². The lowest BCUT2D eigenvalue weighted by Gasteiger charge is -2.31. The molecule has 120 valence electrons. The first-order valence-corrected chi connectivity index (χ1v) is 8.10. The standard InChI is InChI=1S/C16H21ClN2O3/c17-12-3-4-14-13(9-12)19(7-8-22-14)10-15(20)18-11-16(21)5-1-2-6-16/h3-4,9,21H,1-2,5-8,10-11H2,(H,18,20). The molecule has 1 heterocycles. The summed E-state index contributed by atoms with van der Waals surface area (Å²) >= 11 is 6.03. The zero-order valence-corrected chi connectivity index (χ0v) is 13.2. The van der Waals surface area contributed by atoms with E-state index in [0.717, 1.165) is 37.1 Å². The van der Waals surface area contributed by atoms with Gasteiger partial charge in [-0.1, -0.05) is 24.4 Å². The number of nitrogens with one attached hydrogen (secondary N) is 1. The zero-order valence-electron chi connectivity index (χ0n) is 12.5. The van der Waals surface area contributed by atoms with E-state index in [9.17, 15) is 9.90 Å². The predicted molar refractivity (Wildman–Crippen MR) is 85.6 cm³/mol. The summed E-state index contributed by atoms with van der Waals surface area (Å²) < 4.78 is 5.58. The normalized spacial score (nSPS) is 19.5. The number of nitrogens with zero attached hydrogens (tertiary/aromatic N) is 1. The molecule has 0 saturated heterocycles. The minimum absolute atomic E-state index is 0.0897. The monoisotopic (exact) mass is 324 g/mol. The Balaban J connectivity index is 1.59. The van der Waals surface area contributed by atoms with Gasteiger partial charge < -0.3 is 20.1 Å². The summed E-state index contributed by atoms with van der Waals surface area (Å²) in [6, 6.07) is 5.41. The second-order valence-corrected chi connectivity index (χ2v) is 6.53. The summed E-state index contributed by atoms with van der Waals surface area (Å²) in [5.41, 5.74) is 0.121. The SMILES string of the molecule is O=C(CN1CCOc2ccc(Cl)cc21)NCC1(O)CCCC1. The van der Waals surface area contributed by atoms with Gasteiger partial charge >= 0.3 is 0 Å². The Kier molecular flexibility index (Phi) is 4.45. The molecule has 22 heavy (non-hydrogen) atoms. The molecule has 1 amide bonds. The minimum Gasteiger partial charge on any atom is -0.490 e. The number of carbonyl (C=O) groups excluding carboxylic acids is 1. The van der Waals surface area contributed by atoms with Crippen LogP contribution in [0.2, 0.25) is 5.02 Å². The minimum atomic E-state index is -0.720. The van der Waals surface area contributed by atoms with E-state index in [4.69, 9.17) is 16.3 Å². The Bertz CT molecular complexity index is 558. The van der Waals surface area contributed by atoms with Crippen molar-refractivity contribution in [1.29, 1.82) is 0 Å². The first kappa shape index (κ1) is 15.4. The third-order valence-corrected chi connectivity index (χ3v) is 4.60. The van der Waals surface area contributed by atoms with Crippen LogP contribution in [0.4, 0.5) is 5.69 Å². The van der Waals surface area contributed by atoms with Crippen molar-refractivity contribution < 1.29 is 14.6 Å². The van der Waals surface area contributed by atoms with Gasteiger partial charge in [0.05, 0.1) is 24.4 Å². The van der Waals surface area contributed by atoms with Crippen molar-refractivity contribution in [3.63, 3.8) is 0 Å². The van der Waals surface area contributed by atoms with E-state index in [2.05, 4.69) is 5.32 Å². The maximum absolute atomic E-state index is 12.2. The number of hydrogen-bond acceptors (Lipinski definition) is 4. The van der Waals surface area contributed by atoms with E-state index in [0.29, 0.717) is 24.7 Å². The summed E-state index contributed by atoms with van der Waals surface area (Å²) in [6.45, 7) is 1.77. The highest BCUT2D eigenvalue weighted by molar-refractivity contribution is 6.31. The molecule has 1 aromatic carbocycles. The number of amides is 1. The molecule has 1 fully saturated rings. The van der Waals surface area contributed by atoms with Gasteiger partial charge in [0.25, 0.3) is 0 Å². The summed E-state index contributed by atoms with van der Waals surface area (Å²) in [6.07, 6.45) is 3.59. The van der Waals surface area contributed by atoms with Crippen LogP contribution in [0.1, 0.15) is 25.7 Å². The number of ether oxygens (including phenoxy) is 1. The van der Waals surface area contributed by atoms with Crippen molar-refractivity contribution in [3.8, 4) is 5.75 Å². The number of anilines is 1. The zero-order chi connectivity index (χ0) is 15.6. The number of hydrogen-bond donors (Lipinski definition) is 2. The highest BCUT2D eigenvalue weighted by atomic mass is 35.5. The fourth-order valence-corrected chi connectivity index (χ4v) is 3.28. The number of aliphatic hydroxyl groups is 1. The van der Waals surface area contributed by atoms with Gasteiger partial charge in [0.1, 0.15) is 12.4 Å². The fourth-order valence-electron chi connectivity index (χ4n) is 3.11. The lowest BCUT2D eigenvalue weighted by Crippen LogP contribution is -2.46. The molecule has 0 bridgehead atoms. The molecule has 0 radical (unpaired) electrons. The molecular formula is C16H21ClN2O3. The third-order valence-electron chi connectivity index (χ3n) is 4.36.